The second-order valence-corrected chi connectivity index (χ2v) is 6.09. The number of ether oxygens (including phenoxy) is 1. The van der Waals surface area contributed by atoms with Crippen molar-refractivity contribution >= 4 is 0 Å². The minimum atomic E-state index is 0.103. The Hall–Kier alpha value is -0.970. The van der Waals surface area contributed by atoms with Crippen LogP contribution in [-0.4, -0.2) is 5.60 Å². The number of nitriles is 1. The summed E-state index contributed by atoms with van der Waals surface area (Å²) in [6, 6.07) is 2.06. The van der Waals surface area contributed by atoms with Crippen LogP contribution in [0.4, 0.5) is 0 Å². The zero-order chi connectivity index (χ0) is 11.2. The van der Waals surface area contributed by atoms with Gasteiger partial charge in [0.25, 0.3) is 0 Å². The molecular formula is C14H19NO. The van der Waals surface area contributed by atoms with Gasteiger partial charge in [-0.05, 0) is 63.2 Å². The zero-order valence-electron chi connectivity index (χ0n) is 9.91. The Labute approximate surface area is 97.3 Å². The maximum absolute atomic E-state index is 8.64. The molecule has 0 unspecified atom stereocenters. The van der Waals surface area contributed by atoms with Gasteiger partial charge in [0.2, 0.25) is 0 Å². The van der Waals surface area contributed by atoms with Crippen LogP contribution in [0.5, 0.6) is 0 Å². The summed E-state index contributed by atoms with van der Waals surface area (Å²) in [4.78, 5) is 0. The molecule has 0 N–H and O–H groups in total. The summed E-state index contributed by atoms with van der Waals surface area (Å²) in [7, 11) is 0. The van der Waals surface area contributed by atoms with Crippen molar-refractivity contribution in [1.29, 1.82) is 5.26 Å². The van der Waals surface area contributed by atoms with Crippen LogP contribution in [0.3, 0.4) is 0 Å². The Morgan fingerprint density at radius 2 is 1.69 bits per heavy atom. The highest BCUT2D eigenvalue weighted by atomic mass is 16.5. The summed E-state index contributed by atoms with van der Waals surface area (Å²) in [6.45, 7) is 1.92. The van der Waals surface area contributed by atoms with Crippen molar-refractivity contribution < 1.29 is 4.74 Å². The van der Waals surface area contributed by atoms with Crippen LogP contribution in [-0.2, 0) is 4.74 Å². The number of hydrogen-bond donors (Lipinski definition) is 0. The summed E-state index contributed by atoms with van der Waals surface area (Å²) >= 11 is 0. The third-order valence-electron chi connectivity index (χ3n) is 4.63. The molecule has 4 saturated carbocycles. The third kappa shape index (κ3) is 1.63. The molecule has 4 bridgehead atoms. The fourth-order valence-electron chi connectivity index (χ4n) is 4.62. The Kier molecular flexibility index (Phi) is 2.24. The molecule has 0 aromatic heterocycles. The lowest BCUT2D eigenvalue weighted by atomic mass is 9.54. The Morgan fingerprint density at radius 3 is 2.12 bits per heavy atom. The molecule has 0 saturated heterocycles. The molecule has 4 fully saturated rings. The lowest BCUT2D eigenvalue weighted by molar-refractivity contribution is -0.138. The fourth-order valence-corrected chi connectivity index (χ4v) is 4.62. The van der Waals surface area contributed by atoms with Crippen LogP contribution in [0.2, 0.25) is 0 Å². The molecule has 16 heavy (non-hydrogen) atoms. The molecule has 0 aliphatic heterocycles. The van der Waals surface area contributed by atoms with Gasteiger partial charge in [-0.3, -0.25) is 0 Å². The van der Waals surface area contributed by atoms with Crippen molar-refractivity contribution in [2.24, 2.45) is 17.8 Å². The smallest absolute Gasteiger partial charge is 0.109 e. The van der Waals surface area contributed by atoms with Gasteiger partial charge in [-0.1, -0.05) is 0 Å². The second kappa shape index (κ2) is 3.52. The highest BCUT2D eigenvalue weighted by molar-refractivity contribution is 5.10. The standard InChI is InChI=1S/C14H19NO/c1-10(2-3-15)16-14-7-11-4-12(8-14)6-13(5-11)9-14/h2,11-13H,4-9H2,1H3/b10-2-. The number of hydrogen-bond acceptors (Lipinski definition) is 2. The van der Waals surface area contributed by atoms with E-state index in [4.69, 9.17) is 10.00 Å². The van der Waals surface area contributed by atoms with E-state index in [1.807, 2.05) is 6.92 Å². The number of rotatable bonds is 2. The summed E-state index contributed by atoms with van der Waals surface area (Å²) < 4.78 is 6.13. The van der Waals surface area contributed by atoms with Crippen molar-refractivity contribution in [2.75, 3.05) is 0 Å². The van der Waals surface area contributed by atoms with E-state index in [2.05, 4.69) is 6.07 Å². The average molecular weight is 217 g/mol. The van der Waals surface area contributed by atoms with Crippen molar-refractivity contribution in [1.82, 2.24) is 0 Å². The first-order chi connectivity index (χ1) is 7.69. The molecule has 4 aliphatic carbocycles. The van der Waals surface area contributed by atoms with Crippen molar-refractivity contribution in [3.05, 3.63) is 11.8 Å². The van der Waals surface area contributed by atoms with Gasteiger partial charge in [0.15, 0.2) is 0 Å². The minimum Gasteiger partial charge on any atom is -0.491 e. The summed E-state index contributed by atoms with van der Waals surface area (Å²) in [5, 5.41) is 8.64. The van der Waals surface area contributed by atoms with Gasteiger partial charge in [0, 0.05) is 0 Å². The molecule has 0 amide bonds. The average Bonchev–Trinajstić information content (AvgIpc) is 2.13. The lowest BCUT2D eigenvalue weighted by Gasteiger charge is -2.56. The largest absolute Gasteiger partial charge is 0.491 e. The van der Waals surface area contributed by atoms with Gasteiger partial charge in [-0.15, -0.1) is 0 Å². The van der Waals surface area contributed by atoms with Gasteiger partial charge in [0.05, 0.1) is 12.1 Å². The molecule has 2 nitrogen and oxygen atoms in total. The zero-order valence-corrected chi connectivity index (χ0v) is 9.91. The van der Waals surface area contributed by atoms with E-state index in [0.29, 0.717) is 0 Å². The molecule has 0 aromatic carbocycles. The van der Waals surface area contributed by atoms with Crippen LogP contribution in [0.1, 0.15) is 45.4 Å². The Morgan fingerprint density at radius 1 is 1.19 bits per heavy atom. The molecule has 0 atom stereocenters. The monoisotopic (exact) mass is 217 g/mol. The third-order valence-corrected chi connectivity index (χ3v) is 4.63. The van der Waals surface area contributed by atoms with E-state index in [9.17, 15) is 0 Å². The van der Waals surface area contributed by atoms with Crippen LogP contribution in [0.15, 0.2) is 11.8 Å². The maximum Gasteiger partial charge on any atom is 0.109 e. The normalized spacial score (nSPS) is 45.5. The van der Waals surface area contributed by atoms with E-state index < -0.39 is 0 Å². The van der Waals surface area contributed by atoms with Gasteiger partial charge in [0.1, 0.15) is 11.4 Å². The highest BCUT2D eigenvalue weighted by Gasteiger charge is 2.52. The molecular weight excluding hydrogens is 198 g/mol. The molecule has 4 rings (SSSR count). The van der Waals surface area contributed by atoms with Crippen LogP contribution in [0, 0.1) is 29.1 Å². The van der Waals surface area contributed by atoms with Crippen LogP contribution >= 0.6 is 0 Å². The summed E-state index contributed by atoms with van der Waals surface area (Å²) in [6.07, 6.45) is 9.54. The SMILES string of the molecule is C/C(=C/C#N)OC12CC3CC(CC(C3)C1)C2. The van der Waals surface area contributed by atoms with Crippen molar-refractivity contribution in [3.8, 4) is 6.07 Å². The van der Waals surface area contributed by atoms with E-state index in [1.165, 1.54) is 38.5 Å². The quantitative estimate of drug-likeness (QED) is 0.524. The predicted octanol–water partition coefficient (Wildman–Crippen LogP) is 3.40. The number of nitrogens with zero attached hydrogens (tertiary/aromatic N) is 1. The molecule has 0 heterocycles. The first-order valence-electron chi connectivity index (χ1n) is 6.44. The van der Waals surface area contributed by atoms with E-state index in [-0.39, 0.29) is 5.60 Å². The second-order valence-electron chi connectivity index (χ2n) is 6.09. The van der Waals surface area contributed by atoms with Crippen LogP contribution < -0.4 is 0 Å². The summed E-state index contributed by atoms with van der Waals surface area (Å²) in [5.74, 6) is 3.52. The Bertz CT molecular complexity index is 328. The topological polar surface area (TPSA) is 33.0 Å². The minimum absolute atomic E-state index is 0.103. The first-order valence-corrected chi connectivity index (χ1v) is 6.44. The van der Waals surface area contributed by atoms with Gasteiger partial charge in [-0.25, -0.2) is 0 Å². The lowest BCUT2D eigenvalue weighted by Crippen LogP contribution is -2.51. The number of allylic oxidation sites excluding steroid dienone is 2. The van der Waals surface area contributed by atoms with Gasteiger partial charge in [-0.2, -0.15) is 5.26 Å². The highest BCUT2D eigenvalue weighted by Crippen LogP contribution is 2.57. The molecule has 0 aromatic rings. The van der Waals surface area contributed by atoms with Gasteiger partial charge < -0.3 is 4.74 Å². The molecule has 4 aliphatic rings. The molecule has 2 heteroatoms. The predicted molar refractivity (Wildman–Crippen MR) is 61.4 cm³/mol. The first kappa shape index (κ1) is 10.2. The van der Waals surface area contributed by atoms with Gasteiger partial charge >= 0.3 is 0 Å². The maximum atomic E-state index is 8.64. The Balaban J connectivity index is 1.79. The van der Waals surface area contributed by atoms with E-state index in [0.717, 1.165) is 23.5 Å². The molecule has 86 valence electrons. The van der Waals surface area contributed by atoms with E-state index in [1.54, 1.807) is 6.08 Å². The molecule has 0 radical (unpaired) electrons. The summed E-state index contributed by atoms with van der Waals surface area (Å²) in [5.41, 5.74) is 0.103. The van der Waals surface area contributed by atoms with E-state index >= 15 is 0 Å². The van der Waals surface area contributed by atoms with Crippen molar-refractivity contribution in [2.45, 2.75) is 51.0 Å². The van der Waals surface area contributed by atoms with Crippen LogP contribution in [0.25, 0.3) is 0 Å². The van der Waals surface area contributed by atoms with Crippen molar-refractivity contribution in [3.63, 3.8) is 0 Å². The fraction of sp³-hybridized carbons (Fsp3) is 0.786. The molecule has 0 spiro atoms.